The zero-order chi connectivity index (χ0) is 13.1. The second-order valence-corrected chi connectivity index (χ2v) is 6.06. The van der Waals surface area contributed by atoms with E-state index in [9.17, 15) is 14.3 Å². The molecule has 1 aromatic heterocycles. The van der Waals surface area contributed by atoms with Gasteiger partial charge >= 0.3 is 5.69 Å². The van der Waals surface area contributed by atoms with Crippen LogP contribution in [0.4, 0.5) is 4.39 Å². The van der Waals surface area contributed by atoms with Crippen molar-refractivity contribution in [1.29, 1.82) is 0 Å². The fraction of sp³-hybridized carbons (Fsp3) is 0.417. The van der Waals surface area contributed by atoms with E-state index < -0.39 is 11.4 Å². The maximum Gasteiger partial charge on any atom is 0.326 e. The average molecular weight is 315 g/mol. The van der Waals surface area contributed by atoms with Gasteiger partial charge in [0.15, 0.2) is 0 Å². The third-order valence-corrected chi connectivity index (χ3v) is 3.90. The van der Waals surface area contributed by atoms with Crippen molar-refractivity contribution in [2.45, 2.75) is 31.4 Å². The predicted octanol–water partition coefficient (Wildman–Crippen LogP) is 2.32. The van der Waals surface area contributed by atoms with E-state index >= 15 is 0 Å². The lowest BCUT2D eigenvalue weighted by Crippen LogP contribution is -2.44. The van der Waals surface area contributed by atoms with Crippen LogP contribution in [0.1, 0.15) is 25.8 Å². The summed E-state index contributed by atoms with van der Waals surface area (Å²) in [5.74, 6) is -0.440. The lowest BCUT2D eigenvalue weighted by Gasteiger charge is -2.41. The van der Waals surface area contributed by atoms with Gasteiger partial charge in [0.1, 0.15) is 11.3 Å². The van der Waals surface area contributed by atoms with Gasteiger partial charge in [-0.25, -0.2) is 9.18 Å². The lowest BCUT2D eigenvalue weighted by atomic mass is 9.77. The molecule has 1 saturated carbocycles. The van der Waals surface area contributed by atoms with Crippen molar-refractivity contribution in [2.24, 2.45) is 0 Å². The van der Waals surface area contributed by atoms with Crippen LogP contribution >= 0.6 is 15.9 Å². The standard InChI is InChI=1S/C12H12BrFN2O2/c1-12(18)4-7(5-12)16-10-8(14)2-6(13)3-9(10)15-11(16)17/h2-3,7,18H,4-5H2,1H3,(H,15,17). The minimum absolute atomic E-state index is 0.142. The summed E-state index contributed by atoms with van der Waals surface area (Å²) in [7, 11) is 0. The van der Waals surface area contributed by atoms with E-state index in [1.165, 1.54) is 10.6 Å². The minimum atomic E-state index is -0.750. The monoisotopic (exact) mass is 314 g/mol. The van der Waals surface area contributed by atoms with Crippen LogP contribution in [-0.4, -0.2) is 20.3 Å². The van der Waals surface area contributed by atoms with Gasteiger partial charge < -0.3 is 10.1 Å². The fourth-order valence-corrected chi connectivity index (χ4v) is 3.10. The van der Waals surface area contributed by atoms with E-state index in [0.717, 1.165) is 0 Å². The van der Waals surface area contributed by atoms with Gasteiger partial charge in [-0.2, -0.15) is 0 Å². The van der Waals surface area contributed by atoms with E-state index in [1.807, 2.05) is 0 Å². The van der Waals surface area contributed by atoms with Crippen molar-refractivity contribution in [3.8, 4) is 0 Å². The number of H-pyrrole nitrogens is 1. The minimum Gasteiger partial charge on any atom is -0.390 e. The highest BCUT2D eigenvalue weighted by Gasteiger charge is 2.41. The molecule has 0 radical (unpaired) electrons. The second-order valence-electron chi connectivity index (χ2n) is 5.14. The van der Waals surface area contributed by atoms with E-state index in [2.05, 4.69) is 20.9 Å². The molecular weight excluding hydrogens is 303 g/mol. The molecule has 0 amide bonds. The molecule has 6 heteroatoms. The van der Waals surface area contributed by atoms with Crippen LogP contribution in [0.5, 0.6) is 0 Å². The predicted molar refractivity (Wildman–Crippen MR) is 69.1 cm³/mol. The van der Waals surface area contributed by atoms with Gasteiger partial charge in [0.25, 0.3) is 0 Å². The van der Waals surface area contributed by atoms with Gasteiger partial charge in [0, 0.05) is 10.5 Å². The molecule has 0 bridgehead atoms. The maximum atomic E-state index is 14.0. The van der Waals surface area contributed by atoms with Crippen molar-refractivity contribution in [1.82, 2.24) is 9.55 Å². The van der Waals surface area contributed by atoms with Crippen LogP contribution in [0.3, 0.4) is 0 Å². The average Bonchev–Trinajstić information content (AvgIpc) is 2.50. The van der Waals surface area contributed by atoms with Gasteiger partial charge in [-0.1, -0.05) is 15.9 Å². The molecule has 0 saturated heterocycles. The molecule has 3 rings (SSSR count). The number of imidazole rings is 1. The molecule has 96 valence electrons. The van der Waals surface area contributed by atoms with Crippen LogP contribution < -0.4 is 5.69 Å². The molecule has 0 aliphatic heterocycles. The first-order valence-corrected chi connectivity index (χ1v) is 6.48. The second kappa shape index (κ2) is 3.68. The van der Waals surface area contributed by atoms with E-state index in [1.54, 1.807) is 13.0 Å². The molecule has 0 spiro atoms. The van der Waals surface area contributed by atoms with Gasteiger partial charge in [0.05, 0.1) is 11.1 Å². The summed E-state index contributed by atoms with van der Waals surface area (Å²) in [6.45, 7) is 1.72. The molecule has 1 heterocycles. The Kier molecular flexibility index (Phi) is 2.44. The molecule has 1 aromatic carbocycles. The Morgan fingerprint density at radius 3 is 2.83 bits per heavy atom. The van der Waals surface area contributed by atoms with Crippen LogP contribution in [0, 0.1) is 5.82 Å². The number of nitrogens with one attached hydrogen (secondary N) is 1. The van der Waals surface area contributed by atoms with Gasteiger partial charge in [-0.3, -0.25) is 4.57 Å². The molecule has 1 aliphatic carbocycles. The molecular formula is C12H12BrFN2O2. The first-order chi connectivity index (χ1) is 8.37. The number of hydrogen-bond donors (Lipinski definition) is 2. The van der Waals surface area contributed by atoms with Crippen LogP contribution in [-0.2, 0) is 0 Å². The van der Waals surface area contributed by atoms with E-state index in [-0.39, 0.29) is 17.2 Å². The number of fused-ring (bicyclic) bond motifs is 1. The van der Waals surface area contributed by atoms with Gasteiger partial charge in [-0.15, -0.1) is 0 Å². The van der Waals surface area contributed by atoms with Gasteiger partial charge in [-0.05, 0) is 31.9 Å². The molecule has 2 aromatic rings. The topological polar surface area (TPSA) is 58.0 Å². The SMILES string of the molecule is CC1(O)CC(n2c(=O)[nH]c3cc(Br)cc(F)c32)C1. The molecule has 2 N–H and O–H groups in total. The van der Waals surface area contributed by atoms with Crippen LogP contribution in [0.2, 0.25) is 0 Å². The van der Waals surface area contributed by atoms with E-state index in [0.29, 0.717) is 22.8 Å². The normalized spacial score (nSPS) is 27.4. The molecule has 1 fully saturated rings. The Labute approximate surface area is 111 Å². The molecule has 0 atom stereocenters. The number of aliphatic hydroxyl groups is 1. The summed E-state index contributed by atoms with van der Waals surface area (Å²) in [5, 5.41) is 9.73. The summed E-state index contributed by atoms with van der Waals surface area (Å²) >= 11 is 3.19. The number of halogens is 2. The Bertz CT molecular complexity index is 681. The lowest BCUT2D eigenvalue weighted by molar-refractivity contribution is -0.0507. The summed E-state index contributed by atoms with van der Waals surface area (Å²) in [5.41, 5.74) is -0.330. The molecule has 4 nitrogen and oxygen atoms in total. The number of benzene rings is 1. The first-order valence-electron chi connectivity index (χ1n) is 5.69. The Balaban J connectivity index is 2.18. The first kappa shape index (κ1) is 11.9. The quantitative estimate of drug-likeness (QED) is 0.848. The zero-order valence-corrected chi connectivity index (χ0v) is 11.3. The van der Waals surface area contributed by atoms with Crippen LogP contribution in [0.15, 0.2) is 21.4 Å². The molecule has 18 heavy (non-hydrogen) atoms. The van der Waals surface area contributed by atoms with Crippen molar-refractivity contribution in [3.63, 3.8) is 0 Å². The van der Waals surface area contributed by atoms with Crippen molar-refractivity contribution in [2.75, 3.05) is 0 Å². The smallest absolute Gasteiger partial charge is 0.326 e. The number of aromatic amines is 1. The highest BCUT2D eigenvalue weighted by molar-refractivity contribution is 9.10. The Morgan fingerprint density at radius 1 is 1.56 bits per heavy atom. The number of hydrogen-bond acceptors (Lipinski definition) is 2. The number of aromatic nitrogens is 2. The molecule has 1 aliphatic rings. The Hall–Kier alpha value is -1.14. The summed E-state index contributed by atoms with van der Waals surface area (Å²) in [4.78, 5) is 14.5. The highest BCUT2D eigenvalue weighted by Crippen LogP contribution is 2.41. The van der Waals surface area contributed by atoms with E-state index in [4.69, 9.17) is 0 Å². The third kappa shape index (κ3) is 1.71. The van der Waals surface area contributed by atoms with Gasteiger partial charge in [0.2, 0.25) is 0 Å². The molecule has 0 unspecified atom stereocenters. The van der Waals surface area contributed by atoms with Crippen LogP contribution in [0.25, 0.3) is 11.0 Å². The number of rotatable bonds is 1. The summed E-state index contributed by atoms with van der Waals surface area (Å²) in [6, 6.07) is 2.87. The third-order valence-electron chi connectivity index (χ3n) is 3.45. The largest absolute Gasteiger partial charge is 0.390 e. The van der Waals surface area contributed by atoms with Crippen molar-refractivity contribution < 1.29 is 9.50 Å². The summed E-state index contributed by atoms with van der Waals surface area (Å²) in [6.07, 6.45) is 0.935. The number of nitrogens with zero attached hydrogens (tertiary/aromatic N) is 1. The van der Waals surface area contributed by atoms with Crippen molar-refractivity contribution >= 4 is 27.0 Å². The maximum absolute atomic E-state index is 14.0. The van der Waals surface area contributed by atoms with Crippen molar-refractivity contribution in [3.05, 3.63) is 32.9 Å². The zero-order valence-electron chi connectivity index (χ0n) is 9.70. The Morgan fingerprint density at radius 2 is 2.22 bits per heavy atom. The highest BCUT2D eigenvalue weighted by atomic mass is 79.9. The fourth-order valence-electron chi connectivity index (χ4n) is 2.67. The summed E-state index contributed by atoms with van der Waals surface area (Å²) < 4.78 is 16.0.